The molecule has 0 heterocycles. The number of amides is 2. The predicted molar refractivity (Wildman–Crippen MR) is 103 cm³/mol. The van der Waals surface area contributed by atoms with E-state index >= 15 is 0 Å². The van der Waals surface area contributed by atoms with Crippen molar-refractivity contribution in [3.05, 3.63) is 48.0 Å². The molecule has 0 aromatic heterocycles. The molecule has 0 saturated carbocycles. The molecule has 144 valence electrons. The van der Waals surface area contributed by atoms with Crippen LogP contribution < -0.4 is 20.1 Å². The molecular formula is C20H24N2O5. The van der Waals surface area contributed by atoms with Crippen LogP contribution in [0.25, 0.3) is 0 Å². The minimum absolute atomic E-state index is 0.259. The van der Waals surface area contributed by atoms with E-state index < -0.39 is 18.6 Å². The van der Waals surface area contributed by atoms with Gasteiger partial charge in [-0.05, 0) is 35.2 Å². The van der Waals surface area contributed by atoms with Crippen LogP contribution >= 0.6 is 0 Å². The third kappa shape index (κ3) is 5.46. The van der Waals surface area contributed by atoms with Crippen molar-refractivity contribution in [1.29, 1.82) is 0 Å². The Kier molecular flexibility index (Phi) is 6.41. The lowest BCUT2D eigenvalue weighted by Gasteiger charge is -2.23. The SMILES string of the molecule is COc1c(NC(=O)CO)cc(C(C)(C)C)cc1NC(=O)Oc1ccccc1. The average molecular weight is 372 g/mol. The van der Waals surface area contributed by atoms with Gasteiger partial charge < -0.3 is 19.9 Å². The van der Waals surface area contributed by atoms with Crippen LogP contribution in [-0.2, 0) is 10.2 Å². The number of ether oxygens (including phenoxy) is 2. The van der Waals surface area contributed by atoms with E-state index in [2.05, 4.69) is 10.6 Å². The summed E-state index contributed by atoms with van der Waals surface area (Å²) in [7, 11) is 1.43. The van der Waals surface area contributed by atoms with E-state index in [-0.39, 0.29) is 11.2 Å². The van der Waals surface area contributed by atoms with Crippen molar-refractivity contribution < 1.29 is 24.2 Å². The number of methoxy groups -OCH3 is 1. The summed E-state index contributed by atoms with van der Waals surface area (Å²) in [5, 5.41) is 14.3. The van der Waals surface area contributed by atoms with Gasteiger partial charge in [0.1, 0.15) is 12.4 Å². The summed E-state index contributed by atoms with van der Waals surface area (Å²) in [4.78, 5) is 23.9. The van der Waals surface area contributed by atoms with Crippen LogP contribution in [0.2, 0.25) is 0 Å². The molecule has 2 aromatic rings. The molecule has 0 aliphatic heterocycles. The Morgan fingerprint density at radius 3 is 2.15 bits per heavy atom. The van der Waals surface area contributed by atoms with Gasteiger partial charge in [-0.2, -0.15) is 0 Å². The number of hydrogen-bond acceptors (Lipinski definition) is 5. The highest BCUT2D eigenvalue weighted by molar-refractivity contribution is 5.97. The van der Waals surface area contributed by atoms with Crippen LogP contribution in [0, 0.1) is 0 Å². The molecule has 0 aliphatic carbocycles. The van der Waals surface area contributed by atoms with Crippen LogP contribution in [0.15, 0.2) is 42.5 Å². The number of anilines is 2. The number of rotatable bonds is 5. The van der Waals surface area contributed by atoms with Crippen molar-refractivity contribution in [2.75, 3.05) is 24.4 Å². The van der Waals surface area contributed by atoms with Crippen LogP contribution in [0.5, 0.6) is 11.5 Å². The van der Waals surface area contributed by atoms with Gasteiger partial charge in [0, 0.05) is 0 Å². The average Bonchev–Trinajstić information content (AvgIpc) is 2.61. The molecule has 3 N–H and O–H groups in total. The Hall–Kier alpha value is -3.06. The van der Waals surface area contributed by atoms with Crippen LogP contribution in [0.3, 0.4) is 0 Å². The fourth-order valence-electron chi connectivity index (χ4n) is 2.39. The first kappa shape index (κ1) is 20.3. The van der Waals surface area contributed by atoms with Gasteiger partial charge in [-0.15, -0.1) is 0 Å². The topological polar surface area (TPSA) is 96.9 Å². The molecule has 7 nitrogen and oxygen atoms in total. The Balaban J connectivity index is 2.38. The van der Waals surface area contributed by atoms with Crippen LogP contribution in [0.4, 0.5) is 16.2 Å². The van der Waals surface area contributed by atoms with Gasteiger partial charge in [0.2, 0.25) is 5.91 Å². The molecule has 0 radical (unpaired) electrons. The maximum Gasteiger partial charge on any atom is 0.417 e. The fraction of sp³-hybridized carbons (Fsp3) is 0.300. The Bertz CT molecular complexity index is 813. The first-order valence-electron chi connectivity index (χ1n) is 8.41. The standard InChI is InChI=1S/C20H24N2O5/c1-20(2,3)13-10-15(21-17(24)12-23)18(26-4)16(11-13)22-19(25)27-14-8-6-5-7-9-14/h5-11,23H,12H2,1-4H3,(H,21,24)(H,22,25). The highest BCUT2D eigenvalue weighted by Crippen LogP contribution is 2.38. The predicted octanol–water partition coefficient (Wildman–Crippen LogP) is 3.53. The van der Waals surface area contributed by atoms with Crippen molar-refractivity contribution in [3.63, 3.8) is 0 Å². The van der Waals surface area contributed by atoms with Crippen molar-refractivity contribution >= 4 is 23.4 Å². The molecule has 27 heavy (non-hydrogen) atoms. The summed E-state index contributed by atoms with van der Waals surface area (Å²) in [5.41, 5.74) is 1.29. The largest absolute Gasteiger partial charge is 0.492 e. The molecule has 0 bridgehead atoms. The maximum atomic E-state index is 12.3. The van der Waals surface area contributed by atoms with Gasteiger partial charge in [0.15, 0.2) is 5.75 Å². The normalized spacial score (nSPS) is 10.9. The number of para-hydroxylation sites is 1. The molecule has 2 rings (SSSR count). The van der Waals surface area contributed by atoms with Crippen molar-refractivity contribution in [2.24, 2.45) is 0 Å². The number of nitrogens with one attached hydrogen (secondary N) is 2. The van der Waals surface area contributed by atoms with E-state index in [0.717, 1.165) is 5.56 Å². The van der Waals surface area contributed by atoms with Gasteiger partial charge in [0.05, 0.1) is 18.5 Å². The number of hydrogen-bond donors (Lipinski definition) is 3. The second kappa shape index (κ2) is 8.55. The van der Waals surface area contributed by atoms with E-state index in [1.807, 2.05) is 26.8 Å². The minimum atomic E-state index is -0.690. The zero-order valence-electron chi connectivity index (χ0n) is 15.8. The van der Waals surface area contributed by atoms with Crippen molar-refractivity contribution in [3.8, 4) is 11.5 Å². The molecule has 0 unspecified atom stereocenters. The lowest BCUT2D eigenvalue weighted by atomic mass is 9.86. The first-order valence-corrected chi connectivity index (χ1v) is 8.41. The molecular weight excluding hydrogens is 348 g/mol. The second-order valence-electron chi connectivity index (χ2n) is 6.89. The Morgan fingerprint density at radius 2 is 1.63 bits per heavy atom. The van der Waals surface area contributed by atoms with E-state index in [4.69, 9.17) is 14.6 Å². The maximum absolute atomic E-state index is 12.3. The van der Waals surface area contributed by atoms with Gasteiger partial charge in [0.25, 0.3) is 0 Å². The molecule has 0 saturated heterocycles. The summed E-state index contributed by atoms with van der Waals surface area (Å²) in [5.74, 6) is 0.0710. The fourth-order valence-corrected chi connectivity index (χ4v) is 2.39. The van der Waals surface area contributed by atoms with Crippen LogP contribution in [0.1, 0.15) is 26.3 Å². The zero-order chi connectivity index (χ0) is 20.0. The van der Waals surface area contributed by atoms with E-state index in [0.29, 0.717) is 17.1 Å². The van der Waals surface area contributed by atoms with E-state index in [9.17, 15) is 9.59 Å². The van der Waals surface area contributed by atoms with E-state index in [1.54, 1.807) is 36.4 Å². The lowest BCUT2D eigenvalue weighted by molar-refractivity contribution is -0.118. The summed E-state index contributed by atoms with van der Waals surface area (Å²) in [6.45, 7) is 5.33. The molecule has 7 heteroatoms. The van der Waals surface area contributed by atoms with Gasteiger partial charge in [-0.3, -0.25) is 10.1 Å². The lowest BCUT2D eigenvalue weighted by Crippen LogP contribution is -2.21. The smallest absolute Gasteiger partial charge is 0.417 e. The molecule has 2 amide bonds. The van der Waals surface area contributed by atoms with Gasteiger partial charge in [-0.1, -0.05) is 39.0 Å². The molecule has 0 atom stereocenters. The first-order chi connectivity index (χ1) is 12.7. The highest BCUT2D eigenvalue weighted by Gasteiger charge is 2.22. The van der Waals surface area contributed by atoms with Crippen molar-refractivity contribution in [1.82, 2.24) is 0 Å². The quantitative estimate of drug-likeness (QED) is 0.746. The summed E-state index contributed by atoms with van der Waals surface area (Å²) < 4.78 is 10.6. The third-order valence-corrected chi connectivity index (χ3v) is 3.77. The second-order valence-corrected chi connectivity index (χ2v) is 6.89. The highest BCUT2D eigenvalue weighted by atomic mass is 16.6. The number of aliphatic hydroxyl groups excluding tert-OH is 1. The van der Waals surface area contributed by atoms with Crippen molar-refractivity contribution in [2.45, 2.75) is 26.2 Å². The van der Waals surface area contributed by atoms with Crippen LogP contribution in [-0.4, -0.2) is 30.8 Å². The van der Waals surface area contributed by atoms with Gasteiger partial charge >= 0.3 is 6.09 Å². The number of carbonyl (C=O) groups excluding carboxylic acids is 2. The monoisotopic (exact) mass is 372 g/mol. The molecule has 0 fully saturated rings. The molecule has 0 aliphatic rings. The molecule has 2 aromatic carbocycles. The van der Waals surface area contributed by atoms with E-state index in [1.165, 1.54) is 7.11 Å². The number of aliphatic hydroxyl groups is 1. The number of benzene rings is 2. The third-order valence-electron chi connectivity index (χ3n) is 3.77. The Morgan fingerprint density at radius 1 is 1.04 bits per heavy atom. The summed E-state index contributed by atoms with van der Waals surface area (Å²) >= 11 is 0. The Labute approximate surface area is 158 Å². The zero-order valence-corrected chi connectivity index (χ0v) is 15.8. The number of carbonyl (C=O) groups is 2. The minimum Gasteiger partial charge on any atom is -0.492 e. The summed E-state index contributed by atoms with van der Waals surface area (Å²) in [6, 6.07) is 12.2. The molecule has 0 spiro atoms. The summed E-state index contributed by atoms with van der Waals surface area (Å²) in [6.07, 6.45) is -0.690. The van der Waals surface area contributed by atoms with Gasteiger partial charge in [-0.25, -0.2) is 4.79 Å².